The van der Waals surface area contributed by atoms with Crippen molar-refractivity contribution in [1.29, 1.82) is 5.41 Å². The molecule has 6 nitrogen and oxygen atoms in total. The molecule has 1 N–H and O–H groups in total. The summed E-state index contributed by atoms with van der Waals surface area (Å²) < 4.78 is 8.21. The highest BCUT2D eigenvalue weighted by Gasteiger charge is 2.31. The molecule has 0 atom stereocenters. The van der Waals surface area contributed by atoms with Gasteiger partial charge in [0.25, 0.3) is 5.91 Å². The number of aliphatic imine (C=N–C) groups is 1. The summed E-state index contributed by atoms with van der Waals surface area (Å²) in [4.78, 5) is 18.4. The highest BCUT2D eigenvalue weighted by atomic mass is 32.2. The van der Waals surface area contributed by atoms with Crippen LogP contribution in [0.4, 0.5) is 0 Å². The Morgan fingerprint density at radius 3 is 2.88 bits per heavy atom. The van der Waals surface area contributed by atoms with Crippen molar-refractivity contribution in [1.82, 2.24) is 9.47 Å². The molecular formula is C26H24N4O2S. The van der Waals surface area contributed by atoms with Crippen LogP contribution in [0.2, 0.25) is 0 Å². The molecule has 2 aromatic carbocycles. The number of fused-ring (bicyclic) bond motifs is 2. The molecule has 7 heteroatoms. The van der Waals surface area contributed by atoms with Crippen LogP contribution in [0.3, 0.4) is 0 Å². The smallest absolute Gasteiger partial charge is 0.283 e. The standard InChI is InChI=1S/C26H24N4O2S/c1-17-7-5-10-23(18(17)2)32-13-6-11-29-16-19(20-8-3-4-9-22(20)29)15-21-24(27)30-12-14-33-26(30)28-25(21)31/h3-5,7-10,12,14-16,27H,6,11,13H2,1-2H3. The first-order chi connectivity index (χ1) is 16.0. The van der Waals surface area contributed by atoms with Gasteiger partial charge in [0.1, 0.15) is 11.6 Å². The Morgan fingerprint density at radius 2 is 2.00 bits per heavy atom. The summed E-state index contributed by atoms with van der Waals surface area (Å²) in [6, 6.07) is 14.2. The number of benzene rings is 2. The summed E-state index contributed by atoms with van der Waals surface area (Å²) >= 11 is 1.35. The van der Waals surface area contributed by atoms with Gasteiger partial charge in [-0.1, -0.05) is 42.1 Å². The van der Waals surface area contributed by atoms with Crippen LogP contribution in [0.25, 0.3) is 17.0 Å². The second-order valence-corrected chi connectivity index (χ2v) is 8.95. The fraction of sp³-hybridized carbons (Fsp3) is 0.192. The number of carbonyl (C=O) groups is 1. The number of thioether (sulfide) groups is 1. The number of amides is 1. The Labute approximate surface area is 196 Å². The topological polar surface area (TPSA) is 70.7 Å². The van der Waals surface area contributed by atoms with Crippen molar-refractivity contribution in [3.05, 3.63) is 82.5 Å². The summed E-state index contributed by atoms with van der Waals surface area (Å²) in [6.07, 6.45) is 6.45. The molecule has 0 fully saturated rings. The number of para-hydroxylation sites is 1. The highest BCUT2D eigenvalue weighted by molar-refractivity contribution is 8.16. The molecule has 0 saturated heterocycles. The van der Waals surface area contributed by atoms with E-state index >= 15 is 0 Å². The van der Waals surface area contributed by atoms with Crippen LogP contribution in [0, 0.1) is 19.3 Å². The zero-order chi connectivity index (χ0) is 22.9. The molecule has 33 heavy (non-hydrogen) atoms. The first-order valence-electron chi connectivity index (χ1n) is 10.9. The number of ether oxygens (including phenoxy) is 1. The van der Waals surface area contributed by atoms with E-state index in [1.807, 2.05) is 41.9 Å². The minimum atomic E-state index is -0.374. The number of rotatable bonds is 6. The maximum absolute atomic E-state index is 12.6. The van der Waals surface area contributed by atoms with Gasteiger partial charge in [-0.25, -0.2) is 0 Å². The largest absolute Gasteiger partial charge is 0.493 e. The van der Waals surface area contributed by atoms with Crippen LogP contribution in [0.1, 0.15) is 23.1 Å². The maximum atomic E-state index is 12.6. The fourth-order valence-corrected chi connectivity index (χ4v) is 4.77. The molecule has 0 bridgehead atoms. The van der Waals surface area contributed by atoms with Gasteiger partial charge in [0.2, 0.25) is 0 Å². The van der Waals surface area contributed by atoms with Crippen molar-refractivity contribution < 1.29 is 9.53 Å². The molecule has 0 radical (unpaired) electrons. The molecule has 0 saturated carbocycles. The van der Waals surface area contributed by atoms with Crippen molar-refractivity contribution in [2.24, 2.45) is 4.99 Å². The van der Waals surface area contributed by atoms with Gasteiger partial charge in [0, 0.05) is 35.4 Å². The summed E-state index contributed by atoms with van der Waals surface area (Å²) in [6.45, 7) is 5.57. The van der Waals surface area contributed by atoms with Crippen LogP contribution in [0.15, 0.2) is 70.8 Å². The van der Waals surface area contributed by atoms with Crippen LogP contribution in [-0.4, -0.2) is 33.0 Å². The van der Waals surface area contributed by atoms with E-state index in [0.29, 0.717) is 17.3 Å². The van der Waals surface area contributed by atoms with Crippen molar-refractivity contribution >= 4 is 45.7 Å². The monoisotopic (exact) mass is 456 g/mol. The lowest BCUT2D eigenvalue weighted by Gasteiger charge is -2.22. The van der Waals surface area contributed by atoms with Crippen LogP contribution in [-0.2, 0) is 11.3 Å². The molecule has 5 rings (SSSR count). The van der Waals surface area contributed by atoms with Crippen molar-refractivity contribution in [3.8, 4) is 5.75 Å². The zero-order valence-electron chi connectivity index (χ0n) is 18.5. The SMILES string of the molecule is Cc1cccc(OCCCn2cc(C=C3C(=N)N4C=CSC4=NC3=O)c3ccccc32)c1C. The van der Waals surface area contributed by atoms with Crippen molar-refractivity contribution in [3.63, 3.8) is 0 Å². The van der Waals surface area contributed by atoms with Crippen LogP contribution >= 0.6 is 11.8 Å². The number of nitrogens with one attached hydrogen (secondary N) is 1. The van der Waals surface area contributed by atoms with E-state index in [4.69, 9.17) is 10.1 Å². The van der Waals surface area contributed by atoms with E-state index in [1.54, 1.807) is 17.2 Å². The summed E-state index contributed by atoms with van der Waals surface area (Å²) in [5.41, 5.74) is 4.70. The van der Waals surface area contributed by atoms with Crippen molar-refractivity contribution in [2.45, 2.75) is 26.8 Å². The molecule has 2 aliphatic heterocycles. The summed E-state index contributed by atoms with van der Waals surface area (Å²) in [5.74, 6) is 0.715. The molecule has 3 aromatic rings. The predicted molar refractivity (Wildman–Crippen MR) is 135 cm³/mol. The molecule has 166 valence electrons. The normalized spacial score (nSPS) is 16.6. The highest BCUT2D eigenvalue weighted by Crippen LogP contribution is 2.30. The summed E-state index contributed by atoms with van der Waals surface area (Å²) in [5, 5.41) is 11.9. The third-order valence-electron chi connectivity index (χ3n) is 5.99. The number of carbonyl (C=O) groups excluding carboxylic acids is 1. The molecule has 1 amide bonds. The molecule has 3 heterocycles. The lowest BCUT2D eigenvalue weighted by molar-refractivity contribution is -0.114. The summed E-state index contributed by atoms with van der Waals surface area (Å²) in [7, 11) is 0. The van der Waals surface area contributed by atoms with Crippen molar-refractivity contribution in [2.75, 3.05) is 6.61 Å². The number of amidine groups is 2. The quantitative estimate of drug-likeness (QED) is 0.393. The van der Waals surface area contributed by atoms with Gasteiger partial charge >= 0.3 is 0 Å². The Kier molecular flexibility index (Phi) is 5.64. The number of aryl methyl sites for hydroxylation is 2. The van der Waals surface area contributed by atoms with Crippen LogP contribution < -0.4 is 4.74 Å². The number of nitrogens with zero attached hydrogens (tertiary/aromatic N) is 3. The minimum Gasteiger partial charge on any atom is -0.493 e. The fourth-order valence-electron chi connectivity index (χ4n) is 4.06. The van der Waals surface area contributed by atoms with E-state index in [-0.39, 0.29) is 11.7 Å². The second kappa shape index (κ2) is 8.75. The van der Waals surface area contributed by atoms with Gasteiger partial charge < -0.3 is 9.30 Å². The molecule has 1 aromatic heterocycles. The predicted octanol–water partition coefficient (Wildman–Crippen LogP) is 5.50. The van der Waals surface area contributed by atoms with E-state index < -0.39 is 0 Å². The van der Waals surface area contributed by atoms with Gasteiger partial charge in [-0.05, 0) is 55.0 Å². The average molecular weight is 457 g/mol. The molecular weight excluding hydrogens is 432 g/mol. The molecule has 0 unspecified atom stereocenters. The minimum absolute atomic E-state index is 0.157. The third-order valence-corrected chi connectivity index (χ3v) is 6.74. The Hall–Kier alpha value is -3.58. The van der Waals surface area contributed by atoms with E-state index in [0.717, 1.165) is 35.2 Å². The van der Waals surface area contributed by atoms with E-state index in [9.17, 15) is 4.79 Å². The zero-order valence-corrected chi connectivity index (χ0v) is 19.4. The Bertz CT molecular complexity index is 1370. The molecule has 2 aliphatic rings. The molecule has 0 spiro atoms. The lowest BCUT2D eigenvalue weighted by atomic mass is 10.1. The molecule has 0 aliphatic carbocycles. The third kappa shape index (κ3) is 4.00. The lowest BCUT2D eigenvalue weighted by Crippen LogP contribution is -2.35. The maximum Gasteiger partial charge on any atom is 0.283 e. The van der Waals surface area contributed by atoms with Gasteiger partial charge in [0.05, 0.1) is 12.2 Å². The Balaban J connectivity index is 1.37. The van der Waals surface area contributed by atoms with E-state index in [1.165, 1.54) is 22.9 Å². The van der Waals surface area contributed by atoms with Gasteiger partial charge in [-0.15, -0.1) is 0 Å². The van der Waals surface area contributed by atoms with Gasteiger partial charge in [-0.2, -0.15) is 4.99 Å². The number of hydrogen-bond donors (Lipinski definition) is 1. The number of aromatic nitrogens is 1. The number of hydrogen-bond acceptors (Lipinski definition) is 4. The first-order valence-corrected chi connectivity index (χ1v) is 11.7. The Morgan fingerprint density at radius 1 is 1.15 bits per heavy atom. The first kappa shape index (κ1) is 21.3. The average Bonchev–Trinajstić information content (AvgIpc) is 3.42. The van der Waals surface area contributed by atoms with Crippen LogP contribution in [0.5, 0.6) is 5.75 Å². The van der Waals surface area contributed by atoms with Gasteiger partial charge in [0.15, 0.2) is 5.17 Å². The van der Waals surface area contributed by atoms with E-state index in [2.05, 4.69) is 35.5 Å². The van der Waals surface area contributed by atoms with Gasteiger partial charge in [-0.3, -0.25) is 15.1 Å². The second-order valence-electron chi connectivity index (χ2n) is 8.07.